The summed E-state index contributed by atoms with van der Waals surface area (Å²) in [7, 11) is 0. The van der Waals surface area contributed by atoms with Crippen LogP contribution in [0, 0.1) is 0 Å². The molecule has 1 aromatic heterocycles. The molecule has 4 nitrogen and oxygen atoms in total. The van der Waals surface area contributed by atoms with Crippen LogP contribution in [0.15, 0.2) is 42.7 Å². The summed E-state index contributed by atoms with van der Waals surface area (Å²) in [5, 5.41) is 3.24. The first kappa shape index (κ1) is 16.3. The zero-order valence-corrected chi connectivity index (χ0v) is 14.6. The minimum atomic E-state index is 0.0854. The monoisotopic (exact) mass is 335 g/mol. The summed E-state index contributed by atoms with van der Waals surface area (Å²) < 4.78 is 0. The van der Waals surface area contributed by atoms with E-state index in [1.54, 1.807) is 0 Å². The fourth-order valence-electron chi connectivity index (χ4n) is 3.96. The van der Waals surface area contributed by atoms with E-state index in [0.717, 1.165) is 50.9 Å². The first-order valence-corrected chi connectivity index (χ1v) is 9.32. The van der Waals surface area contributed by atoms with Crippen LogP contribution in [0.5, 0.6) is 0 Å². The normalized spacial score (nSPS) is 18.1. The maximum absolute atomic E-state index is 12.6. The molecular weight excluding hydrogens is 310 g/mol. The molecule has 1 aliphatic heterocycles. The molecule has 0 radical (unpaired) electrons. The molecule has 1 fully saturated rings. The maximum atomic E-state index is 12.6. The highest BCUT2D eigenvalue weighted by Crippen LogP contribution is 2.23. The number of fused-ring (bicyclic) bond motifs is 1. The molecule has 2 aliphatic rings. The van der Waals surface area contributed by atoms with Gasteiger partial charge < -0.3 is 5.32 Å². The van der Waals surface area contributed by atoms with E-state index in [1.807, 2.05) is 18.5 Å². The van der Waals surface area contributed by atoms with Gasteiger partial charge in [-0.3, -0.25) is 14.7 Å². The van der Waals surface area contributed by atoms with Crippen molar-refractivity contribution in [3.8, 4) is 0 Å². The summed E-state index contributed by atoms with van der Waals surface area (Å²) in [6.07, 6.45) is 9.22. The summed E-state index contributed by atoms with van der Waals surface area (Å²) in [4.78, 5) is 19.1. The molecule has 4 heteroatoms. The van der Waals surface area contributed by atoms with E-state index >= 15 is 0 Å². The Kier molecular flexibility index (Phi) is 4.79. The van der Waals surface area contributed by atoms with Crippen molar-refractivity contribution in [1.29, 1.82) is 0 Å². The van der Waals surface area contributed by atoms with Gasteiger partial charge in [-0.05, 0) is 73.1 Å². The van der Waals surface area contributed by atoms with Crippen molar-refractivity contribution in [2.75, 3.05) is 13.1 Å². The van der Waals surface area contributed by atoms with Crippen molar-refractivity contribution < 1.29 is 4.79 Å². The summed E-state index contributed by atoms with van der Waals surface area (Å²) in [5.74, 6) is 0.0854. The van der Waals surface area contributed by atoms with Crippen LogP contribution in [0.3, 0.4) is 0 Å². The number of hydrogen-bond acceptors (Lipinski definition) is 3. The molecule has 0 atom stereocenters. The van der Waals surface area contributed by atoms with E-state index in [0.29, 0.717) is 0 Å². The molecular formula is C21H25N3O. The minimum absolute atomic E-state index is 0.0854. The Morgan fingerprint density at radius 3 is 2.64 bits per heavy atom. The van der Waals surface area contributed by atoms with Crippen molar-refractivity contribution in [2.45, 2.75) is 44.7 Å². The van der Waals surface area contributed by atoms with Crippen molar-refractivity contribution in [3.63, 3.8) is 0 Å². The number of rotatable bonds is 4. The first-order valence-electron chi connectivity index (χ1n) is 9.32. The zero-order valence-electron chi connectivity index (χ0n) is 14.6. The van der Waals surface area contributed by atoms with Gasteiger partial charge in [-0.1, -0.05) is 6.07 Å². The Morgan fingerprint density at radius 2 is 1.84 bits per heavy atom. The van der Waals surface area contributed by atoms with Crippen molar-refractivity contribution >= 4 is 5.91 Å². The molecule has 2 aromatic rings. The number of carbonyl (C=O) groups excluding carboxylic acids is 1. The largest absolute Gasteiger partial charge is 0.349 e. The lowest BCUT2D eigenvalue weighted by molar-refractivity contribution is 0.0909. The van der Waals surface area contributed by atoms with E-state index in [1.165, 1.54) is 23.1 Å². The topological polar surface area (TPSA) is 45.2 Å². The second-order valence-corrected chi connectivity index (χ2v) is 7.22. The highest BCUT2D eigenvalue weighted by molar-refractivity contribution is 5.94. The molecule has 0 bridgehead atoms. The fraction of sp³-hybridized carbons (Fsp3) is 0.429. The number of nitrogens with one attached hydrogen (secondary N) is 1. The van der Waals surface area contributed by atoms with Gasteiger partial charge in [0.2, 0.25) is 0 Å². The fourth-order valence-corrected chi connectivity index (χ4v) is 3.96. The second kappa shape index (κ2) is 7.36. The number of benzene rings is 1. The van der Waals surface area contributed by atoms with Crippen LogP contribution in [0.2, 0.25) is 0 Å². The van der Waals surface area contributed by atoms with Crippen LogP contribution >= 0.6 is 0 Å². The van der Waals surface area contributed by atoms with Gasteiger partial charge >= 0.3 is 0 Å². The van der Waals surface area contributed by atoms with Crippen LogP contribution in [0.25, 0.3) is 0 Å². The van der Waals surface area contributed by atoms with Crippen LogP contribution in [0.1, 0.15) is 46.3 Å². The lowest BCUT2D eigenvalue weighted by atomic mass is 10.0. The van der Waals surface area contributed by atoms with Crippen LogP contribution in [-0.4, -0.2) is 34.9 Å². The lowest BCUT2D eigenvalue weighted by Gasteiger charge is -2.32. The van der Waals surface area contributed by atoms with Gasteiger partial charge in [-0.2, -0.15) is 0 Å². The molecule has 2 heterocycles. The maximum Gasteiger partial charge on any atom is 0.251 e. The summed E-state index contributed by atoms with van der Waals surface area (Å²) >= 11 is 0. The number of hydrogen-bond donors (Lipinski definition) is 1. The summed E-state index contributed by atoms with van der Waals surface area (Å²) in [6.45, 7) is 3.02. The second-order valence-electron chi connectivity index (χ2n) is 7.22. The molecule has 1 amide bonds. The number of nitrogens with zero attached hydrogens (tertiary/aromatic N) is 2. The smallest absolute Gasteiger partial charge is 0.251 e. The number of aryl methyl sites for hydroxylation is 2. The molecule has 130 valence electrons. The Balaban J connectivity index is 1.29. The van der Waals surface area contributed by atoms with Crippen LogP contribution < -0.4 is 5.32 Å². The molecule has 0 saturated carbocycles. The highest BCUT2D eigenvalue weighted by Gasteiger charge is 2.22. The molecule has 0 spiro atoms. The van der Waals surface area contributed by atoms with Gasteiger partial charge in [-0.25, -0.2) is 0 Å². The van der Waals surface area contributed by atoms with Gasteiger partial charge in [0.1, 0.15) is 0 Å². The molecule has 25 heavy (non-hydrogen) atoms. The third-order valence-corrected chi connectivity index (χ3v) is 5.44. The standard InChI is InChI=1S/C21H25N3O/c25-21(19-5-4-17-2-1-3-18(17)14-19)23-20-8-12-24(13-9-20)15-16-6-10-22-11-7-16/h4-7,10-11,14,20H,1-3,8-9,12-13,15H2,(H,23,25). The average Bonchev–Trinajstić information content (AvgIpc) is 3.12. The predicted octanol–water partition coefficient (Wildman–Crippen LogP) is 2.96. The number of amides is 1. The van der Waals surface area contributed by atoms with E-state index in [-0.39, 0.29) is 11.9 Å². The Bertz CT molecular complexity index is 736. The Hall–Kier alpha value is -2.20. The van der Waals surface area contributed by atoms with Crippen molar-refractivity contribution in [2.24, 2.45) is 0 Å². The van der Waals surface area contributed by atoms with Crippen molar-refractivity contribution in [1.82, 2.24) is 15.2 Å². The minimum Gasteiger partial charge on any atom is -0.349 e. The van der Waals surface area contributed by atoms with Crippen LogP contribution in [-0.2, 0) is 19.4 Å². The average molecular weight is 335 g/mol. The number of pyridine rings is 1. The molecule has 1 aromatic carbocycles. The van der Waals surface area contributed by atoms with Gasteiger partial charge in [0.15, 0.2) is 0 Å². The Labute approximate surface area is 149 Å². The third kappa shape index (κ3) is 3.90. The number of piperidine rings is 1. The third-order valence-electron chi connectivity index (χ3n) is 5.44. The Morgan fingerprint density at radius 1 is 1.08 bits per heavy atom. The van der Waals surface area contributed by atoms with E-state index in [4.69, 9.17) is 0 Å². The molecule has 1 aliphatic carbocycles. The molecule has 0 unspecified atom stereocenters. The van der Waals surface area contributed by atoms with E-state index in [9.17, 15) is 4.79 Å². The quantitative estimate of drug-likeness (QED) is 0.934. The highest BCUT2D eigenvalue weighted by atomic mass is 16.1. The number of aromatic nitrogens is 1. The van der Waals surface area contributed by atoms with Gasteiger partial charge in [0.05, 0.1) is 0 Å². The number of likely N-dealkylation sites (tertiary alicyclic amines) is 1. The lowest BCUT2D eigenvalue weighted by Crippen LogP contribution is -2.44. The SMILES string of the molecule is O=C(NC1CCN(Cc2ccncc2)CC1)c1ccc2c(c1)CCC2. The van der Waals surface area contributed by atoms with E-state index < -0.39 is 0 Å². The molecule has 1 saturated heterocycles. The van der Waals surface area contributed by atoms with Crippen molar-refractivity contribution in [3.05, 3.63) is 65.0 Å². The predicted molar refractivity (Wildman–Crippen MR) is 98.5 cm³/mol. The van der Waals surface area contributed by atoms with Gasteiger partial charge in [0, 0.05) is 43.6 Å². The van der Waals surface area contributed by atoms with Crippen LogP contribution in [0.4, 0.5) is 0 Å². The van der Waals surface area contributed by atoms with E-state index in [2.05, 4.69) is 39.5 Å². The zero-order chi connectivity index (χ0) is 17.1. The molecule has 1 N–H and O–H groups in total. The summed E-state index contributed by atoms with van der Waals surface area (Å²) in [5.41, 5.74) is 4.90. The van der Waals surface area contributed by atoms with Gasteiger partial charge in [-0.15, -0.1) is 0 Å². The molecule has 4 rings (SSSR count). The number of carbonyl (C=O) groups is 1. The van der Waals surface area contributed by atoms with Gasteiger partial charge in [0.25, 0.3) is 5.91 Å². The summed E-state index contributed by atoms with van der Waals surface area (Å²) in [6, 6.07) is 10.6. The first-order chi connectivity index (χ1) is 12.3.